The SMILES string of the molecule is CNc1ccc(-c2cccc(C(=O)N3CCN(Cc4cccnc4)CC3)c2)cc1. The highest BCUT2D eigenvalue weighted by molar-refractivity contribution is 5.95. The molecular formula is C24H26N4O. The molecule has 5 heteroatoms. The number of rotatable bonds is 5. The van der Waals surface area contributed by atoms with Gasteiger partial charge in [-0.1, -0.05) is 30.3 Å². The molecule has 0 radical (unpaired) electrons. The highest BCUT2D eigenvalue weighted by Crippen LogP contribution is 2.23. The molecule has 4 rings (SSSR count). The van der Waals surface area contributed by atoms with Crippen molar-refractivity contribution in [2.75, 3.05) is 38.5 Å². The van der Waals surface area contributed by atoms with Crippen molar-refractivity contribution < 1.29 is 4.79 Å². The van der Waals surface area contributed by atoms with Crippen LogP contribution in [-0.2, 0) is 6.54 Å². The lowest BCUT2D eigenvalue weighted by atomic mass is 10.0. The zero-order chi connectivity index (χ0) is 20.1. The van der Waals surface area contributed by atoms with E-state index in [1.54, 1.807) is 6.20 Å². The highest BCUT2D eigenvalue weighted by atomic mass is 16.2. The molecule has 1 aliphatic rings. The van der Waals surface area contributed by atoms with Crippen molar-refractivity contribution in [3.63, 3.8) is 0 Å². The van der Waals surface area contributed by atoms with Crippen molar-refractivity contribution in [2.24, 2.45) is 0 Å². The van der Waals surface area contributed by atoms with Gasteiger partial charge in [0.25, 0.3) is 5.91 Å². The minimum absolute atomic E-state index is 0.111. The van der Waals surface area contributed by atoms with Crippen molar-refractivity contribution >= 4 is 11.6 Å². The number of nitrogens with zero attached hydrogens (tertiary/aromatic N) is 3. The summed E-state index contributed by atoms with van der Waals surface area (Å²) in [6, 6.07) is 20.2. The van der Waals surface area contributed by atoms with E-state index in [0.717, 1.165) is 55.1 Å². The lowest BCUT2D eigenvalue weighted by Gasteiger charge is -2.34. The molecule has 29 heavy (non-hydrogen) atoms. The number of pyridine rings is 1. The van der Waals surface area contributed by atoms with E-state index in [-0.39, 0.29) is 5.91 Å². The molecule has 3 aromatic rings. The third kappa shape index (κ3) is 4.63. The van der Waals surface area contributed by atoms with Gasteiger partial charge in [-0.15, -0.1) is 0 Å². The Kier molecular flexibility index (Phi) is 5.86. The van der Waals surface area contributed by atoms with E-state index < -0.39 is 0 Å². The molecule has 2 aromatic carbocycles. The number of anilines is 1. The van der Waals surface area contributed by atoms with Gasteiger partial charge in [-0.3, -0.25) is 14.7 Å². The normalized spacial score (nSPS) is 14.6. The average Bonchev–Trinajstić information content (AvgIpc) is 2.80. The fourth-order valence-corrected chi connectivity index (χ4v) is 3.70. The molecule has 1 N–H and O–H groups in total. The molecule has 148 valence electrons. The Bertz CT molecular complexity index is 948. The van der Waals surface area contributed by atoms with E-state index in [9.17, 15) is 4.79 Å². The fraction of sp³-hybridized carbons (Fsp3) is 0.250. The summed E-state index contributed by atoms with van der Waals surface area (Å²) >= 11 is 0. The van der Waals surface area contributed by atoms with Gasteiger partial charge in [-0.25, -0.2) is 0 Å². The minimum atomic E-state index is 0.111. The van der Waals surface area contributed by atoms with Crippen LogP contribution in [0.1, 0.15) is 15.9 Å². The van der Waals surface area contributed by atoms with Crippen molar-refractivity contribution in [2.45, 2.75) is 6.54 Å². The molecule has 1 fully saturated rings. The van der Waals surface area contributed by atoms with Crippen LogP contribution >= 0.6 is 0 Å². The van der Waals surface area contributed by atoms with Gasteiger partial charge < -0.3 is 10.2 Å². The van der Waals surface area contributed by atoms with Crippen molar-refractivity contribution in [3.8, 4) is 11.1 Å². The van der Waals surface area contributed by atoms with Gasteiger partial charge in [0, 0.05) is 63.4 Å². The second-order valence-electron chi connectivity index (χ2n) is 7.34. The van der Waals surface area contributed by atoms with Crippen LogP contribution < -0.4 is 5.32 Å². The third-order valence-corrected chi connectivity index (χ3v) is 5.40. The summed E-state index contributed by atoms with van der Waals surface area (Å²) in [5, 5.41) is 3.13. The summed E-state index contributed by atoms with van der Waals surface area (Å²) < 4.78 is 0. The largest absolute Gasteiger partial charge is 0.388 e. The molecule has 0 unspecified atom stereocenters. The Morgan fingerprint density at radius 3 is 2.45 bits per heavy atom. The van der Waals surface area contributed by atoms with E-state index in [1.807, 2.05) is 54.5 Å². The zero-order valence-electron chi connectivity index (χ0n) is 16.7. The maximum Gasteiger partial charge on any atom is 0.253 e. The fourth-order valence-electron chi connectivity index (χ4n) is 3.70. The minimum Gasteiger partial charge on any atom is -0.388 e. The maximum absolute atomic E-state index is 13.0. The van der Waals surface area contributed by atoms with Crippen LogP contribution in [0.4, 0.5) is 5.69 Å². The summed E-state index contributed by atoms with van der Waals surface area (Å²) in [4.78, 5) is 21.6. The molecule has 1 aliphatic heterocycles. The number of carbonyl (C=O) groups is 1. The number of benzene rings is 2. The van der Waals surface area contributed by atoms with Gasteiger partial charge in [0.2, 0.25) is 0 Å². The van der Waals surface area contributed by atoms with Crippen molar-refractivity contribution in [1.29, 1.82) is 0 Å². The van der Waals surface area contributed by atoms with E-state index in [2.05, 4.69) is 39.5 Å². The van der Waals surface area contributed by atoms with Crippen molar-refractivity contribution in [1.82, 2.24) is 14.8 Å². The number of piperazine rings is 1. The first-order valence-corrected chi connectivity index (χ1v) is 10.0. The van der Waals surface area contributed by atoms with E-state index in [4.69, 9.17) is 0 Å². The van der Waals surface area contributed by atoms with Crippen LogP contribution in [0.15, 0.2) is 73.1 Å². The van der Waals surface area contributed by atoms with Crippen LogP contribution in [0.3, 0.4) is 0 Å². The topological polar surface area (TPSA) is 48.5 Å². The Morgan fingerprint density at radius 1 is 0.966 bits per heavy atom. The second kappa shape index (κ2) is 8.88. The summed E-state index contributed by atoms with van der Waals surface area (Å²) in [5.74, 6) is 0.111. The predicted molar refractivity (Wildman–Crippen MR) is 117 cm³/mol. The molecule has 0 spiro atoms. The molecule has 0 bridgehead atoms. The number of aromatic nitrogens is 1. The Hall–Kier alpha value is -3.18. The Labute approximate surface area is 172 Å². The van der Waals surface area contributed by atoms with Crippen LogP contribution in [0, 0.1) is 0 Å². The number of nitrogens with one attached hydrogen (secondary N) is 1. The van der Waals surface area contributed by atoms with Gasteiger partial charge in [0.05, 0.1) is 0 Å². The maximum atomic E-state index is 13.0. The summed E-state index contributed by atoms with van der Waals surface area (Å²) in [7, 11) is 1.91. The first-order valence-electron chi connectivity index (χ1n) is 10.0. The first-order chi connectivity index (χ1) is 14.2. The molecular weight excluding hydrogens is 360 g/mol. The number of carbonyl (C=O) groups excluding carboxylic acids is 1. The first kappa shape index (κ1) is 19.2. The quantitative estimate of drug-likeness (QED) is 0.726. The average molecular weight is 386 g/mol. The Balaban J connectivity index is 1.40. The van der Waals surface area contributed by atoms with E-state index in [1.165, 1.54) is 5.56 Å². The molecule has 1 saturated heterocycles. The molecule has 2 heterocycles. The van der Waals surface area contributed by atoms with Gasteiger partial charge >= 0.3 is 0 Å². The van der Waals surface area contributed by atoms with Crippen LogP contribution in [0.2, 0.25) is 0 Å². The number of amides is 1. The van der Waals surface area contributed by atoms with E-state index >= 15 is 0 Å². The molecule has 5 nitrogen and oxygen atoms in total. The summed E-state index contributed by atoms with van der Waals surface area (Å²) in [6.07, 6.45) is 3.70. The second-order valence-corrected chi connectivity index (χ2v) is 7.34. The van der Waals surface area contributed by atoms with Gasteiger partial charge in [-0.05, 0) is 47.0 Å². The molecule has 1 amide bonds. The predicted octanol–water partition coefficient (Wildman–Crippen LogP) is 3.75. The molecule has 1 aromatic heterocycles. The van der Waals surface area contributed by atoms with E-state index in [0.29, 0.717) is 0 Å². The smallest absolute Gasteiger partial charge is 0.253 e. The zero-order valence-corrected chi connectivity index (χ0v) is 16.7. The monoisotopic (exact) mass is 386 g/mol. The van der Waals surface area contributed by atoms with Crippen LogP contribution in [0.5, 0.6) is 0 Å². The lowest BCUT2D eigenvalue weighted by molar-refractivity contribution is 0.0628. The number of hydrogen-bond donors (Lipinski definition) is 1. The third-order valence-electron chi connectivity index (χ3n) is 5.40. The van der Waals surface area contributed by atoms with Crippen molar-refractivity contribution in [3.05, 3.63) is 84.2 Å². The van der Waals surface area contributed by atoms with Gasteiger partial charge in [0.15, 0.2) is 0 Å². The summed E-state index contributed by atoms with van der Waals surface area (Å²) in [5.41, 5.74) is 5.21. The molecule has 0 aliphatic carbocycles. The summed E-state index contributed by atoms with van der Waals surface area (Å²) in [6.45, 7) is 4.14. The van der Waals surface area contributed by atoms with Gasteiger partial charge in [0.1, 0.15) is 0 Å². The Morgan fingerprint density at radius 2 is 1.76 bits per heavy atom. The lowest BCUT2D eigenvalue weighted by Crippen LogP contribution is -2.48. The van der Waals surface area contributed by atoms with Crippen LogP contribution in [0.25, 0.3) is 11.1 Å². The molecule has 0 atom stereocenters. The number of hydrogen-bond acceptors (Lipinski definition) is 4. The standard InChI is InChI=1S/C24H26N4O/c1-25-23-9-7-20(8-10-23)21-5-2-6-22(16-21)24(29)28-14-12-27(13-15-28)18-19-4-3-11-26-17-19/h2-11,16-17,25H,12-15,18H2,1H3. The van der Waals surface area contributed by atoms with Crippen LogP contribution in [-0.4, -0.2) is 53.9 Å². The van der Waals surface area contributed by atoms with Gasteiger partial charge in [-0.2, -0.15) is 0 Å². The molecule has 0 saturated carbocycles. The highest BCUT2D eigenvalue weighted by Gasteiger charge is 2.22.